The van der Waals surface area contributed by atoms with Gasteiger partial charge in [-0.1, -0.05) is 37.5 Å². The van der Waals surface area contributed by atoms with Gasteiger partial charge in [0.05, 0.1) is 24.4 Å². The first-order valence-corrected chi connectivity index (χ1v) is 14.8. The van der Waals surface area contributed by atoms with Crippen LogP contribution in [0.4, 0.5) is 10.5 Å². The minimum absolute atomic E-state index is 0.221. The van der Waals surface area contributed by atoms with E-state index in [2.05, 4.69) is 17.0 Å². The van der Waals surface area contributed by atoms with Crippen LogP contribution in [0.5, 0.6) is 5.75 Å². The standard InChI is InChI=1S/C30H35N3O3S.CO2/c1-35-25-14-12-22(13-15-25)27-26(37-28(31-27)23-8-4-2-5-9-23)20-32-18-16-30(17-19-32)21-33(29(34)36-30)24-10-6-3-7-11-24;2-1-3/h3,6-7,10-15,23H,2,4-5,8-9,16-21H2,1H3;. The second-order valence-corrected chi connectivity index (χ2v) is 11.8. The molecule has 0 bridgehead atoms. The summed E-state index contributed by atoms with van der Waals surface area (Å²) < 4.78 is 11.4. The molecule has 6 rings (SSSR count). The molecule has 3 aliphatic rings. The molecule has 210 valence electrons. The fraction of sp³-hybridized carbons (Fsp3) is 0.452. The number of hydrogen-bond donors (Lipinski definition) is 0. The first-order valence-electron chi connectivity index (χ1n) is 14.0. The van der Waals surface area contributed by atoms with Crippen molar-refractivity contribution in [1.29, 1.82) is 0 Å². The maximum Gasteiger partial charge on any atom is 0.415 e. The van der Waals surface area contributed by atoms with Gasteiger partial charge in [-0.2, -0.15) is 9.59 Å². The van der Waals surface area contributed by atoms with E-state index in [9.17, 15) is 4.79 Å². The Kier molecular flexibility index (Phi) is 8.94. The molecule has 0 atom stereocenters. The van der Waals surface area contributed by atoms with E-state index < -0.39 is 0 Å². The predicted molar refractivity (Wildman–Crippen MR) is 152 cm³/mol. The van der Waals surface area contributed by atoms with E-state index in [1.807, 2.05) is 53.8 Å². The summed E-state index contributed by atoms with van der Waals surface area (Å²) in [5, 5.41) is 1.30. The second-order valence-electron chi connectivity index (χ2n) is 10.7. The Bertz CT molecular complexity index is 1310. The number of aromatic nitrogens is 1. The van der Waals surface area contributed by atoms with E-state index in [0.29, 0.717) is 12.5 Å². The molecule has 0 unspecified atom stereocenters. The summed E-state index contributed by atoms with van der Waals surface area (Å²) in [5.74, 6) is 1.46. The number of likely N-dealkylation sites (tertiary alicyclic amines) is 1. The van der Waals surface area contributed by atoms with Crippen molar-refractivity contribution < 1.29 is 23.9 Å². The first kappa shape index (κ1) is 28.0. The smallest absolute Gasteiger partial charge is 0.415 e. The molecule has 8 nitrogen and oxygen atoms in total. The SMILES string of the molecule is COc1ccc(-c2nc(C3CCCCC3)sc2CN2CCC3(CC2)CN(c2ccccc2)C(=O)O3)cc1.O=C=O. The van der Waals surface area contributed by atoms with Gasteiger partial charge < -0.3 is 9.47 Å². The van der Waals surface area contributed by atoms with Crippen LogP contribution in [0, 0.1) is 0 Å². The Balaban J connectivity index is 0.00000103. The fourth-order valence-electron chi connectivity index (χ4n) is 5.99. The molecule has 3 aromatic rings. The number of thiazole rings is 1. The van der Waals surface area contributed by atoms with Crippen LogP contribution >= 0.6 is 11.3 Å². The number of ether oxygens (including phenoxy) is 2. The monoisotopic (exact) mass is 561 g/mol. The van der Waals surface area contributed by atoms with E-state index >= 15 is 0 Å². The summed E-state index contributed by atoms with van der Waals surface area (Å²) in [6.07, 6.45) is 8.22. The Morgan fingerprint density at radius 3 is 2.35 bits per heavy atom. The van der Waals surface area contributed by atoms with Crippen LogP contribution in [0.25, 0.3) is 11.3 Å². The number of anilines is 1. The van der Waals surface area contributed by atoms with E-state index in [1.54, 1.807) is 12.0 Å². The van der Waals surface area contributed by atoms with Gasteiger partial charge in [-0.05, 0) is 49.2 Å². The summed E-state index contributed by atoms with van der Waals surface area (Å²) >= 11 is 1.91. The van der Waals surface area contributed by atoms with Crippen LogP contribution in [-0.4, -0.2) is 54.5 Å². The third-order valence-corrected chi connectivity index (χ3v) is 9.41. The molecule has 1 aliphatic carbocycles. The molecule has 1 saturated carbocycles. The lowest BCUT2D eigenvalue weighted by Gasteiger charge is -2.37. The van der Waals surface area contributed by atoms with Crippen molar-refractivity contribution in [2.24, 2.45) is 0 Å². The minimum Gasteiger partial charge on any atom is -0.497 e. The molecule has 1 aromatic heterocycles. The predicted octanol–water partition coefficient (Wildman–Crippen LogP) is 6.27. The third kappa shape index (κ3) is 6.28. The lowest BCUT2D eigenvalue weighted by atomic mass is 9.90. The van der Waals surface area contributed by atoms with E-state index in [0.717, 1.165) is 55.2 Å². The summed E-state index contributed by atoms with van der Waals surface area (Å²) in [7, 11) is 1.70. The molecule has 3 heterocycles. The zero-order valence-electron chi connectivity index (χ0n) is 22.8. The summed E-state index contributed by atoms with van der Waals surface area (Å²) in [6, 6.07) is 18.2. The zero-order chi connectivity index (χ0) is 28.0. The molecule has 40 heavy (non-hydrogen) atoms. The number of hydrogen-bond acceptors (Lipinski definition) is 8. The molecular weight excluding hydrogens is 526 g/mol. The molecule has 1 spiro atoms. The van der Waals surface area contributed by atoms with Crippen LogP contribution in [-0.2, 0) is 20.9 Å². The Hall–Kier alpha value is -3.52. The van der Waals surface area contributed by atoms with Crippen LogP contribution in [0.1, 0.15) is 60.7 Å². The molecule has 0 N–H and O–H groups in total. The average Bonchev–Trinajstić information content (AvgIpc) is 3.56. The number of amides is 1. The normalized spacial score (nSPS) is 19.0. The van der Waals surface area contributed by atoms with Crippen molar-refractivity contribution in [2.45, 2.75) is 63.0 Å². The van der Waals surface area contributed by atoms with Crippen molar-refractivity contribution in [2.75, 3.05) is 31.6 Å². The highest BCUT2D eigenvalue weighted by atomic mass is 32.1. The van der Waals surface area contributed by atoms with Gasteiger partial charge in [0.15, 0.2) is 0 Å². The van der Waals surface area contributed by atoms with Crippen LogP contribution < -0.4 is 9.64 Å². The lowest BCUT2D eigenvalue weighted by molar-refractivity contribution is -0.191. The first-order chi connectivity index (χ1) is 19.5. The van der Waals surface area contributed by atoms with Gasteiger partial charge in [-0.3, -0.25) is 9.80 Å². The molecule has 1 amide bonds. The number of benzene rings is 2. The molecule has 2 aromatic carbocycles. The number of nitrogens with zero attached hydrogens (tertiary/aromatic N) is 3. The quantitative estimate of drug-likeness (QED) is 0.350. The number of piperidine rings is 1. The maximum absolute atomic E-state index is 12.7. The minimum atomic E-state index is -0.386. The number of methoxy groups -OCH3 is 1. The fourth-order valence-corrected chi connectivity index (χ4v) is 7.29. The molecular formula is C31H35N3O5S. The Morgan fingerprint density at radius 2 is 1.70 bits per heavy atom. The topological polar surface area (TPSA) is 89.0 Å². The van der Waals surface area contributed by atoms with E-state index in [4.69, 9.17) is 24.0 Å². The summed E-state index contributed by atoms with van der Waals surface area (Å²) in [5.41, 5.74) is 2.81. The zero-order valence-corrected chi connectivity index (χ0v) is 23.7. The highest BCUT2D eigenvalue weighted by Gasteiger charge is 2.47. The Morgan fingerprint density at radius 1 is 1.02 bits per heavy atom. The van der Waals surface area contributed by atoms with Gasteiger partial charge in [0.25, 0.3) is 0 Å². The van der Waals surface area contributed by atoms with Gasteiger partial charge in [0.1, 0.15) is 11.4 Å². The van der Waals surface area contributed by atoms with Gasteiger partial charge >= 0.3 is 12.2 Å². The van der Waals surface area contributed by atoms with Crippen molar-refractivity contribution >= 4 is 29.3 Å². The average molecular weight is 562 g/mol. The molecule has 9 heteroatoms. The van der Waals surface area contributed by atoms with E-state index in [-0.39, 0.29) is 17.8 Å². The Labute approximate surface area is 238 Å². The number of rotatable bonds is 6. The number of carbonyl (C=O) groups excluding carboxylic acids is 3. The van der Waals surface area contributed by atoms with Crippen molar-refractivity contribution in [3.63, 3.8) is 0 Å². The van der Waals surface area contributed by atoms with Crippen molar-refractivity contribution in [3.8, 4) is 17.0 Å². The van der Waals surface area contributed by atoms with Crippen LogP contribution in [0.3, 0.4) is 0 Å². The summed E-state index contributed by atoms with van der Waals surface area (Å²) in [6.45, 7) is 3.34. The molecule has 3 fully saturated rings. The molecule has 2 aliphatic heterocycles. The van der Waals surface area contributed by atoms with Gasteiger partial charge in [0, 0.05) is 54.5 Å². The maximum atomic E-state index is 12.7. The highest BCUT2D eigenvalue weighted by Crippen LogP contribution is 2.41. The molecule has 0 radical (unpaired) electrons. The second kappa shape index (κ2) is 12.8. The largest absolute Gasteiger partial charge is 0.497 e. The van der Waals surface area contributed by atoms with Crippen LogP contribution in [0.2, 0.25) is 0 Å². The van der Waals surface area contributed by atoms with Crippen molar-refractivity contribution in [1.82, 2.24) is 9.88 Å². The lowest BCUT2D eigenvalue weighted by Crippen LogP contribution is -2.46. The summed E-state index contributed by atoms with van der Waals surface area (Å²) in [4.78, 5) is 39.8. The third-order valence-electron chi connectivity index (χ3n) is 8.20. The molecule has 2 saturated heterocycles. The van der Waals surface area contributed by atoms with E-state index in [1.165, 1.54) is 42.0 Å². The highest BCUT2D eigenvalue weighted by molar-refractivity contribution is 7.12. The number of carbonyl (C=O) groups is 1. The number of para-hydroxylation sites is 1. The van der Waals surface area contributed by atoms with Crippen LogP contribution in [0.15, 0.2) is 54.6 Å². The van der Waals surface area contributed by atoms with Gasteiger partial charge in [-0.25, -0.2) is 9.78 Å². The van der Waals surface area contributed by atoms with Gasteiger partial charge in [-0.15, -0.1) is 11.3 Å². The van der Waals surface area contributed by atoms with Gasteiger partial charge in [0.2, 0.25) is 0 Å². The van der Waals surface area contributed by atoms with Crippen molar-refractivity contribution in [3.05, 3.63) is 64.5 Å².